The van der Waals surface area contributed by atoms with Crippen molar-refractivity contribution in [1.82, 2.24) is 4.57 Å². The molecule has 1 heterocycles. The van der Waals surface area contributed by atoms with E-state index < -0.39 is 0 Å². The molecule has 0 aliphatic heterocycles. The van der Waals surface area contributed by atoms with E-state index in [-0.39, 0.29) is 5.56 Å². The van der Waals surface area contributed by atoms with Crippen molar-refractivity contribution in [3.05, 3.63) is 63.5 Å². The minimum absolute atomic E-state index is 0.0120. The fourth-order valence-electron chi connectivity index (χ4n) is 1.62. The van der Waals surface area contributed by atoms with Crippen LogP contribution in [0.2, 0.25) is 0 Å². The van der Waals surface area contributed by atoms with Gasteiger partial charge in [0.2, 0.25) is 0 Å². The topological polar surface area (TPSA) is 31.2 Å². The summed E-state index contributed by atoms with van der Waals surface area (Å²) in [4.78, 5) is 11.5. The minimum atomic E-state index is 0.0120. The summed E-state index contributed by atoms with van der Waals surface area (Å²) in [7, 11) is 0. The first-order valence-corrected chi connectivity index (χ1v) is 6.59. The highest BCUT2D eigenvalue weighted by molar-refractivity contribution is 9.10. The average molecular weight is 308 g/mol. The molecule has 94 valence electrons. The molecule has 1 aromatic carbocycles. The number of benzene rings is 1. The molecule has 3 nitrogen and oxygen atoms in total. The summed E-state index contributed by atoms with van der Waals surface area (Å²) >= 11 is 3.35. The molecular formula is C14H14BrNO2. The molecule has 0 radical (unpaired) electrons. The molecule has 0 unspecified atom stereocenters. The molecule has 2 rings (SSSR count). The van der Waals surface area contributed by atoms with Crippen molar-refractivity contribution in [1.29, 1.82) is 0 Å². The standard InChI is InChI=1S/C14H14BrNO2/c15-12-7-8-14(17)16(11-12)9-4-10-18-13-5-2-1-3-6-13/h1-3,5-8,11H,4,9-10H2. The van der Waals surface area contributed by atoms with Crippen molar-refractivity contribution in [2.24, 2.45) is 0 Å². The Morgan fingerprint density at radius 3 is 2.67 bits per heavy atom. The van der Waals surface area contributed by atoms with Gasteiger partial charge in [0.15, 0.2) is 0 Å². The van der Waals surface area contributed by atoms with Crippen molar-refractivity contribution < 1.29 is 4.74 Å². The summed E-state index contributed by atoms with van der Waals surface area (Å²) in [5.41, 5.74) is 0.0120. The van der Waals surface area contributed by atoms with Crippen molar-refractivity contribution in [2.75, 3.05) is 6.61 Å². The maximum atomic E-state index is 11.5. The summed E-state index contributed by atoms with van der Waals surface area (Å²) in [6.45, 7) is 1.26. The Bertz CT molecular complexity index is 551. The Morgan fingerprint density at radius 1 is 1.11 bits per heavy atom. The van der Waals surface area contributed by atoms with Gasteiger partial charge in [0.25, 0.3) is 5.56 Å². The zero-order valence-electron chi connectivity index (χ0n) is 9.88. The third-order valence-electron chi connectivity index (χ3n) is 2.50. The predicted molar refractivity (Wildman–Crippen MR) is 75.0 cm³/mol. The van der Waals surface area contributed by atoms with Crippen molar-refractivity contribution in [3.8, 4) is 5.75 Å². The highest BCUT2D eigenvalue weighted by atomic mass is 79.9. The molecule has 0 amide bonds. The number of rotatable bonds is 5. The number of aryl methyl sites for hydroxylation is 1. The Kier molecular flexibility index (Phi) is 4.59. The van der Waals surface area contributed by atoms with Crippen LogP contribution in [-0.4, -0.2) is 11.2 Å². The van der Waals surface area contributed by atoms with Gasteiger partial charge < -0.3 is 9.30 Å². The van der Waals surface area contributed by atoms with E-state index >= 15 is 0 Å². The Balaban J connectivity index is 1.82. The third-order valence-corrected chi connectivity index (χ3v) is 2.97. The number of halogens is 1. The molecule has 0 saturated heterocycles. The first kappa shape index (κ1) is 12.9. The van der Waals surface area contributed by atoms with Crippen LogP contribution in [-0.2, 0) is 6.54 Å². The summed E-state index contributed by atoms with van der Waals surface area (Å²) in [6, 6.07) is 13.0. The Hall–Kier alpha value is -1.55. The first-order valence-electron chi connectivity index (χ1n) is 5.79. The molecule has 1 aromatic heterocycles. The van der Waals surface area contributed by atoms with Crippen molar-refractivity contribution in [3.63, 3.8) is 0 Å². The van der Waals surface area contributed by atoms with E-state index in [1.807, 2.05) is 30.3 Å². The van der Waals surface area contributed by atoms with Crippen molar-refractivity contribution in [2.45, 2.75) is 13.0 Å². The molecule has 2 aromatic rings. The highest BCUT2D eigenvalue weighted by Crippen LogP contribution is 2.09. The van der Waals surface area contributed by atoms with Gasteiger partial charge >= 0.3 is 0 Å². The number of nitrogens with zero attached hydrogens (tertiary/aromatic N) is 1. The largest absolute Gasteiger partial charge is 0.494 e. The summed E-state index contributed by atoms with van der Waals surface area (Å²) < 4.78 is 8.16. The summed E-state index contributed by atoms with van der Waals surface area (Å²) in [5, 5.41) is 0. The molecule has 0 bridgehead atoms. The average Bonchev–Trinajstić information content (AvgIpc) is 2.40. The molecule has 4 heteroatoms. The van der Waals surface area contributed by atoms with E-state index in [0.717, 1.165) is 16.6 Å². The normalized spacial score (nSPS) is 10.3. The zero-order chi connectivity index (χ0) is 12.8. The van der Waals surface area contributed by atoms with Crippen LogP contribution < -0.4 is 10.3 Å². The van der Waals surface area contributed by atoms with Gasteiger partial charge in [0.05, 0.1) is 6.61 Å². The third kappa shape index (κ3) is 3.74. The Labute approximate surface area is 114 Å². The second-order valence-corrected chi connectivity index (χ2v) is 4.81. The quantitative estimate of drug-likeness (QED) is 0.795. The maximum Gasteiger partial charge on any atom is 0.250 e. The van der Waals surface area contributed by atoms with Crippen LogP contribution in [0.1, 0.15) is 6.42 Å². The molecule has 18 heavy (non-hydrogen) atoms. The SMILES string of the molecule is O=c1ccc(Br)cn1CCCOc1ccccc1. The van der Waals surface area contributed by atoms with Crippen LogP contribution in [0.15, 0.2) is 57.9 Å². The minimum Gasteiger partial charge on any atom is -0.494 e. The zero-order valence-corrected chi connectivity index (χ0v) is 11.5. The molecule has 0 atom stereocenters. The fourth-order valence-corrected chi connectivity index (χ4v) is 2.00. The number of ether oxygens (including phenoxy) is 1. The molecule has 0 aliphatic rings. The predicted octanol–water partition coefficient (Wildman–Crippen LogP) is 3.08. The second-order valence-electron chi connectivity index (χ2n) is 3.89. The lowest BCUT2D eigenvalue weighted by Crippen LogP contribution is -2.19. The van der Waals surface area contributed by atoms with E-state index in [9.17, 15) is 4.79 Å². The monoisotopic (exact) mass is 307 g/mol. The van der Waals surface area contributed by atoms with E-state index in [2.05, 4.69) is 15.9 Å². The molecule has 0 spiro atoms. The molecule has 0 N–H and O–H groups in total. The van der Waals surface area contributed by atoms with Gasteiger partial charge in [-0.2, -0.15) is 0 Å². The van der Waals surface area contributed by atoms with Crippen molar-refractivity contribution >= 4 is 15.9 Å². The van der Waals surface area contributed by atoms with Gasteiger partial charge in [-0.15, -0.1) is 0 Å². The second kappa shape index (κ2) is 6.40. The van der Waals surface area contributed by atoms with Gasteiger partial charge in [0, 0.05) is 23.3 Å². The first-order chi connectivity index (χ1) is 8.75. The molecule has 0 fully saturated rings. The van der Waals surface area contributed by atoms with Gasteiger partial charge in [-0.05, 0) is 40.5 Å². The number of aromatic nitrogens is 1. The van der Waals surface area contributed by atoms with Crippen LogP contribution in [0.5, 0.6) is 5.75 Å². The Morgan fingerprint density at radius 2 is 1.89 bits per heavy atom. The van der Waals surface area contributed by atoms with Crippen LogP contribution in [0.3, 0.4) is 0 Å². The van der Waals surface area contributed by atoms with Crippen LogP contribution in [0.25, 0.3) is 0 Å². The molecular weight excluding hydrogens is 294 g/mol. The number of hydrogen-bond acceptors (Lipinski definition) is 2. The van der Waals surface area contributed by atoms with E-state index in [4.69, 9.17) is 4.74 Å². The maximum absolute atomic E-state index is 11.5. The number of para-hydroxylation sites is 1. The van der Waals surface area contributed by atoms with E-state index in [1.54, 1.807) is 22.9 Å². The fraction of sp³-hybridized carbons (Fsp3) is 0.214. The van der Waals surface area contributed by atoms with Crippen LogP contribution in [0.4, 0.5) is 0 Å². The van der Waals surface area contributed by atoms with Crippen LogP contribution in [0, 0.1) is 0 Å². The number of pyridine rings is 1. The molecule has 0 aliphatic carbocycles. The van der Waals surface area contributed by atoms with E-state index in [1.165, 1.54) is 0 Å². The highest BCUT2D eigenvalue weighted by Gasteiger charge is 1.97. The van der Waals surface area contributed by atoms with E-state index in [0.29, 0.717) is 13.2 Å². The summed E-state index contributed by atoms with van der Waals surface area (Å²) in [6.07, 6.45) is 2.59. The van der Waals surface area contributed by atoms with Gasteiger partial charge in [0.1, 0.15) is 5.75 Å². The lowest BCUT2D eigenvalue weighted by molar-refractivity contribution is 0.301. The smallest absolute Gasteiger partial charge is 0.250 e. The lowest BCUT2D eigenvalue weighted by atomic mass is 10.3. The number of hydrogen-bond donors (Lipinski definition) is 0. The summed E-state index contributed by atoms with van der Waals surface area (Å²) in [5.74, 6) is 0.860. The van der Waals surface area contributed by atoms with Gasteiger partial charge in [-0.1, -0.05) is 18.2 Å². The molecule has 0 saturated carbocycles. The van der Waals surface area contributed by atoms with Gasteiger partial charge in [-0.25, -0.2) is 0 Å². The van der Waals surface area contributed by atoms with Crippen LogP contribution >= 0.6 is 15.9 Å². The van der Waals surface area contributed by atoms with Gasteiger partial charge in [-0.3, -0.25) is 4.79 Å². The lowest BCUT2D eigenvalue weighted by Gasteiger charge is -2.07.